The number of nitrogens with one attached hydrogen (secondary N) is 2. The van der Waals surface area contributed by atoms with E-state index in [9.17, 15) is 14.1 Å². The minimum Gasteiger partial charge on any atom is -0.478 e. The summed E-state index contributed by atoms with van der Waals surface area (Å²) in [5.74, 6) is 1.54. The molecule has 0 aromatic heterocycles. The van der Waals surface area contributed by atoms with Crippen LogP contribution < -0.4 is 10.0 Å². The topological polar surface area (TPSA) is 78.4 Å². The molecule has 6 heteroatoms. The Balaban J connectivity index is 1.26. The maximum Gasteiger partial charge on any atom is 0.337 e. The highest BCUT2D eigenvalue weighted by molar-refractivity contribution is 7.86. The largest absolute Gasteiger partial charge is 0.478 e. The van der Waals surface area contributed by atoms with Gasteiger partial charge < -0.3 is 15.1 Å². The van der Waals surface area contributed by atoms with Gasteiger partial charge in [0.2, 0.25) is 0 Å². The summed E-state index contributed by atoms with van der Waals surface area (Å²) >= 11 is 0. The molecule has 3 aromatic rings. The monoisotopic (exact) mass is 502 g/mol. The van der Waals surface area contributed by atoms with Gasteiger partial charge in [-0.25, -0.2) is 9.00 Å². The first-order valence-corrected chi connectivity index (χ1v) is 13.9. The molecule has 0 saturated heterocycles. The number of anilines is 3. The van der Waals surface area contributed by atoms with E-state index in [0.29, 0.717) is 16.3 Å². The molecule has 2 fully saturated rings. The van der Waals surface area contributed by atoms with E-state index in [4.69, 9.17) is 0 Å². The van der Waals surface area contributed by atoms with Crippen LogP contribution in [0.5, 0.6) is 0 Å². The number of benzene rings is 3. The molecule has 0 heterocycles. The Morgan fingerprint density at radius 1 is 0.917 bits per heavy atom. The van der Waals surface area contributed by atoms with E-state index in [1.807, 2.05) is 24.3 Å². The normalized spacial score (nSPS) is 26.1. The van der Waals surface area contributed by atoms with Gasteiger partial charge in [0.15, 0.2) is 0 Å². The maximum absolute atomic E-state index is 13.1. The van der Waals surface area contributed by atoms with Crippen LogP contribution in [0, 0.1) is 17.8 Å². The lowest BCUT2D eigenvalue weighted by Crippen LogP contribution is -2.38. The van der Waals surface area contributed by atoms with Crippen molar-refractivity contribution in [2.75, 3.05) is 10.0 Å². The summed E-state index contributed by atoms with van der Waals surface area (Å²) < 4.78 is 16.2. The molecule has 2 saturated carbocycles. The molecule has 36 heavy (non-hydrogen) atoms. The minimum atomic E-state index is -1.45. The molecule has 3 N–H and O–H groups in total. The number of carboxylic acid groups (broad SMARTS) is 1. The van der Waals surface area contributed by atoms with Gasteiger partial charge in [0, 0.05) is 11.4 Å². The fourth-order valence-electron chi connectivity index (χ4n) is 6.55. The SMILES string of the molecule is CC1CC2CC(C1)CC(C)(c1ccc(NS(=O)c3cccc(Nc4ccccc4C(=O)O)c3)cc1)C2. The van der Waals surface area contributed by atoms with Crippen LogP contribution in [0.25, 0.3) is 0 Å². The number of para-hydroxylation sites is 1. The van der Waals surface area contributed by atoms with Crippen LogP contribution in [-0.2, 0) is 16.4 Å². The first-order chi connectivity index (χ1) is 17.3. The second kappa shape index (κ2) is 10.1. The Hall–Kier alpha value is -3.12. The van der Waals surface area contributed by atoms with Crippen LogP contribution in [0.1, 0.15) is 61.9 Å². The third-order valence-corrected chi connectivity index (χ3v) is 9.00. The third kappa shape index (κ3) is 5.34. The predicted octanol–water partition coefficient (Wildman–Crippen LogP) is 7.37. The molecule has 0 radical (unpaired) electrons. The smallest absolute Gasteiger partial charge is 0.337 e. The first-order valence-electron chi connectivity index (χ1n) is 12.8. The van der Waals surface area contributed by atoms with Crippen LogP contribution in [0.3, 0.4) is 0 Å². The Morgan fingerprint density at radius 3 is 2.31 bits per heavy atom. The van der Waals surface area contributed by atoms with E-state index in [2.05, 4.69) is 36.0 Å². The molecular formula is C30H34N2O3S. The Labute approximate surface area is 215 Å². The Kier molecular flexibility index (Phi) is 6.89. The number of carbonyl (C=O) groups is 1. The highest BCUT2D eigenvalue weighted by atomic mass is 32.2. The van der Waals surface area contributed by atoms with E-state index in [1.54, 1.807) is 36.4 Å². The maximum atomic E-state index is 13.1. The van der Waals surface area contributed by atoms with E-state index in [1.165, 1.54) is 37.7 Å². The standard InChI is InChI=1S/C30H34N2O3S/c1-20-14-21-16-22(15-20)19-30(2,18-21)23-10-12-24(13-11-23)32-36(35)26-7-5-6-25(17-26)31-28-9-4-3-8-27(28)29(33)34/h3-13,17,20-22,31-32H,14-16,18-19H2,1-2H3,(H,33,34). The van der Waals surface area contributed by atoms with Gasteiger partial charge in [-0.05, 0) is 103 Å². The molecule has 0 spiro atoms. The van der Waals surface area contributed by atoms with Crippen LogP contribution >= 0.6 is 0 Å². The van der Waals surface area contributed by atoms with E-state index in [0.717, 1.165) is 23.4 Å². The molecule has 2 aliphatic carbocycles. The zero-order valence-corrected chi connectivity index (χ0v) is 21.7. The number of rotatable bonds is 7. The minimum absolute atomic E-state index is 0.187. The van der Waals surface area contributed by atoms with Gasteiger partial charge in [0.1, 0.15) is 11.0 Å². The van der Waals surface area contributed by atoms with Crippen molar-refractivity contribution in [2.45, 2.75) is 56.3 Å². The summed E-state index contributed by atoms with van der Waals surface area (Å²) in [6, 6.07) is 22.4. The van der Waals surface area contributed by atoms with Crippen LogP contribution in [0.15, 0.2) is 77.7 Å². The summed E-state index contributed by atoms with van der Waals surface area (Å²) in [5.41, 5.74) is 3.78. The molecule has 188 valence electrons. The van der Waals surface area contributed by atoms with E-state index in [-0.39, 0.29) is 11.0 Å². The second-order valence-corrected chi connectivity index (χ2v) is 12.2. The third-order valence-electron chi connectivity index (χ3n) is 7.89. The summed E-state index contributed by atoms with van der Waals surface area (Å²) in [7, 11) is -1.45. The van der Waals surface area contributed by atoms with Gasteiger partial charge in [-0.2, -0.15) is 0 Å². The summed E-state index contributed by atoms with van der Waals surface area (Å²) in [4.78, 5) is 12.1. The van der Waals surface area contributed by atoms with Crippen molar-refractivity contribution in [3.8, 4) is 0 Å². The Morgan fingerprint density at radius 2 is 1.61 bits per heavy atom. The van der Waals surface area contributed by atoms with Crippen molar-refractivity contribution >= 4 is 34.0 Å². The zero-order valence-electron chi connectivity index (χ0n) is 20.9. The average Bonchev–Trinajstić information content (AvgIpc) is 2.84. The Bertz CT molecular complexity index is 1260. The van der Waals surface area contributed by atoms with Crippen LogP contribution in [-0.4, -0.2) is 15.3 Å². The van der Waals surface area contributed by atoms with E-state index >= 15 is 0 Å². The molecule has 3 atom stereocenters. The van der Waals surface area contributed by atoms with Gasteiger partial charge in [-0.1, -0.05) is 44.2 Å². The van der Waals surface area contributed by atoms with Crippen molar-refractivity contribution in [3.05, 3.63) is 83.9 Å². The van der Waals surface area contributed by atoms with E-state index < -0.39 is 17.0 Å². The fraction of sp³-hybridized carbons (Fsp3) is 0.367. The van der Waals surface area contributed by atoms with Crippen molar-refractivity contribution in [2.24, 2.45) is 17.8 Å². The molecular weight excluding hydrogens is 468 g/mol. The quantitative estimate of drug-likeness (QED) is 0.315. The number of carboxylic acids is 1. The van der Waals surface area contributed by atoms with Crippen LogP contribution in [0.2, 0.25) is 0 Å². The van der Waals surface area contributed by atoms with Gasteiger partial charge in [0.05, 0.1) is 16.1 Å². The highest BCUT2D eigenvalue weighted by Gasteiger charge is 2.41. The lowest BCUT2D eigenvalue weighted by Gasteiger charge is -2.47. The van der Waals surface area contributed by atoms with Crippen molar-refractivity contribution in [1.29, 1.82) is 0 Å². The van der Waals surface area contributed by atoms with Gasteiger partial charge in [-0.15, -0.1) is 0 Å². The molecule has 5 rings (SSSR count). The average molecular weight is 503 g/mol. The molecule has 2 aliphatic rings. The number of hydrogen-bond donors (Lipinski definition) is 3. The first kappa shape index (κ1) is 24.6. The van der Waals surface area contributed by atoms with Crippen LogP contribution in [0.4, 0.5) is 17.1 Å². The predicted molar refractivity (Wildman–Crippen MR) is 146 cm³/mol. The second-order valence-electron chi connectivity index (χ2n) is 11.0. The van der Waals surface area contributed by atoms with Gasteiger partial charge in [0.25, 0.3) is 0 Å². The van der Waals surface area contributed by atoms with Gasteiger partial charge >= 0.3 is 5.97 Å². The van der Waals surface area contributed by atoms with Gasteiger partial charge in [-0.3, -0.25) is 0 Å². The lowest BCUT2D eigenvalue weighted by molar-refractivity contribution is 0.0698. The van der Waals surface area contributed by atoms with Crippen molar-refractivity contribution < 1.29 is 14.1 Å². The summed E-state index contributed by atoms with van der Waals surface area (Å²) in [6.07, 6.45) is 6.64. The summed E-state index contributed by atoms with van der Waals surface area (Å²) in [5, 5.41) is 12.6. The summed E-state index contributed by atoms with van der Waals surface area (Å²) in [6.45, 7) is 4.83. The van der Waals surface area contributed by atoms with Crippen molar-refractivity contribution in [1.82, 2.24) is 0 Å². The fourth-order valence-corrected chi connectivity index (χ4v) is 7.46. The molecule has 0 amide bonds. The number of fused-ring (bicyclic) bond motifs is 2. The molecule has 2 bridgehead atoms. The zero-order chi connectivity index (χ0) is 25.3. The van der Waals surface area contributed by atoms with Crippen molar-refractivity contribution in [3.63, 3.8) is 0 Å². The molecule has 0 aliphatic heterocycles. The molecule has 3 aromatic carbocycles. The number of aromatic carboxylic acids is 1. The highest BCUT2D eigenvalue weighted by Crippen LogP contribution is 2.51. The molecule has 5 nitrogen and oxygen atoms in total. The number of hydrogen-bond acceptors (Lipinski definition) is 3. The lowest BCUT2D eigenvalue weighted by atomic mass is 9.57. The molecule has 3 unspecified atom stereocenters.